The van der Waals surface area contributed by atoms with Crippen LogP contribution in [0.1, 0.15) is 27.9 Å². The standard InChI is InChI=1S/C22H26N2O3/c1-17-5-2-6-18(15-17)22(25)24-10-4-9-23(11-12-24)16-19-7-3-8-20-21(19)27-14-13-26-20/h2-3,5-8,15H,4,9-14,16H2,1H3. The maximum atomic E-state index is 12.8. The summed E-state index contributed by atoms with van der Waals surface area (Å²) in [5.74, 6) is 1.85. The van der Waals surface area contributed by atoms with Crippen molar-refractivity contribution in [1.82, 2.24) is 9.80 Å². The van der Waals surface area contributed by atoms with E-state index in [0.717, 1.165) is 67.3 Å². The van der Waals surface area contributed by atoms with Crippen LogP contribution >= 0.6 is 0 Å². The lowest BCUT2D eigenvalue weighted by Crippen LogP contribution is -2.35. The summed E-state index contributed by atoms with van der Waals surface area (Å²) in [6, 6.07) is 13.9. The number of para-hydroxylation sites is 1. The number of hydrogen-bond donors (Lipinski definition) is 0. The third-order valence-corrected chi connectivity index (χ3v) is 5.18. The Kier molecular flexibility index (Phi) is 5.30. The second-order valence-electron chi connectivity index (χ2n) is 7.23. The smallest absolute Gasteiger partial charge is 0.253 e. The van der Waals surface area contributed by atoms with E-state index in [4.69, 9.17) is 9.47 Å². The highest BCUT2D eigenvalue weighted by atomic mass is 16.6. The van der Waals surface area contributed by atoms with Gasteiger partial charge in [-0.25, -0.2) is 0 Å². The highest BCUT2D eigenvalue weighted by Crippen LogP contribution is 2.34. The number of fused-ring (bicyclic) bond motifs is 1. The number of nitrogens with zero attached hydrogens (tertiary/aromatic N) is 2. The number of amides is 1. The average molecular weight is 366 g/mol. The first-order chi connectivity index (χ1) is 13.2. The van der Waals surface area contributed by atoms with E-state index in [1.807, 2.05) is 48.2 Å². The molecule has 0 N–H and O–H groups in total. The molecule has 1 amide bonds. The topological polar surface area (TPSA) is 42.0 Å². The van der Waals surface area contributed by atoms with E-state index in [1.165, 1.54) is 0 Å². The normalized spacial score (nSPS) is 17.4. The molecular formula is C22H26N2O3. The van der Waals surface area contributed by atoms with E-state index in [-0.39, 0.29) is 5.91 Å². The molecule has 0 atom stereocenters. The van der Waals surface area contributed by atoms with Gasteiger partial charge in [-0.05, 0) is 31.5 Å². The summed E-state index contributed by atoms with van der Waals surface area (Å²) >= 11 is 0. The fraction of sp³-hybridized carbons (Fsp3) is 0.409. The average Bonchev–Trinajstić information content (AvgIpc) is 2.93. The predicted octanol–water partition coefficient (Wildman–Crippen LogP) is 3.11. The van der Waals surface area contributed by atoms with Gasteiger partial charge in [0.1, 0.15) is 13.2 Å². The highest BCUT2D eigenvalue weighted by molar-refractivity contribution is 5.94. The molecule has 1 saturated heterocycles. The monoisotopic (exact) mass is 366 g/mol. The number of benzene rings is 2. The van der Waals surface area contributed by atoms with Crippen LogP contribution in [0.2, 0.25) is 0 Å². The molecule has 142 valence electrons. The zero-order chi connectivity index (χ0) is 18.6. The van der Waals surface area contributed by atoms with Crippen molar-refractivity contribution in [2.45, 2.75) is 19.9 Å². The molecule has 0 saturated carbocycles. The molecule has 0 radical (unpaired) electrons. The molecule has 2 aromatic carbocycles. The van der Waals surface area contributed by atoms with E-state index in [9.17, 15) is 4.79 Å². The molecule has 0 unspecified atom stereocenters. The van der Waals surface area contributed by atoms with E-state index in [0.29, 0.717) is 13.2 Å². The van der Waals surface area contributed by atoms with Crippen LogP contribution < -0.4 is 9.47 Å². The first-order valence-electron chi connectivity index (χ1n) is 9.66. The second-order valence-corrected chi connectivity index (χ2v) is 7.23. The van der Waals surface area contributed by atoms with Crippen LogP contribution in [0, 0.1) is 6.92 Å². The van der Waals surface area contributed by atoms with Crippen LogP contribution in [-0.4, -0.2) is 55.1 Å². The van der Waals surface area contributed by atoms with E-state index in [1.54, 1.807) is 0 Å². The minimum absolute atomic E-state index is 0.134. The Morgan fingerprint density at radius 3 is 2.74 bits per heavy atom. The Labute approximate surface area is 160 Å². The van der Waals surface area contributed by atoms with Gasteiger partial charge in [-0.15, -0.1) is 0 Å². The number of ether oxygens (including phenoxy) is 2. The lowest BCUT2D eigenvalue weighted by molar-refractivity contribution is 0.0761. The SMILES string of the molecule is Cc1cccc(C(=O)N2CCCN(Cc3cccc4c3OCCO4)CC2)c1. The second kappa shape index (κ2) is 8.01. The zero-order valence-corrected chi connectivity index (χ0v) is 15.8. The maximum Gasteiger partial charge on any atom is 0.253 e. The van der Waals surface area contributed by atoms with Crippen molar-refractivity contribution in [3.8, 4) is 11.5 Å². The third-order valence-electron chi connectivity index (χ3n) is 5.18. The Morgan fingerprint density at radius 1 is 1.00 bits per heavy atom. The van der Waals surface area contributed by atoms with Gasteiger partial charge in [0, 0.05) is 43.9 Å². The van der Waals surface area contributed by atoms with Gasteiger partial charge in [-0.3, -0.25) is 9.69 Å². The summed E-state index contributed by atoms with van der Waals surface area (Å²) in [6.07, 6.45) is 0.976. The van der Waals surface area contributed by atoms with Gasteiger partial charge in [0.15, 0.2) is 11.5 Å². The summed E-state index contributed by atoms with van der Waals surface area (Å²) in [5.41, 5.74) is 3.06. The van der Waals surface area contributed by atoms with Crippen molar-refractivity contribution in [1.29, 1.82) is 0 Å². The minimum atomic E-state index is 0.134. The summed E-state index contributed by atoms with van der Waals surface area (Å²) in [5, 5.41) is 0. The molecule has 5 nitrogen and oxygen atoms in total. The molecule has 0 spiro atoms. The Bertz CT molecular complexity index is 821. The highest BCUT2D eigenvalue weighted by Gasteiger charge is 2.22. The van der Waals surface area contributed by atoms with Crippen LogP contribution in [0.25, 0.3) is 0 Å². The molecular weight excluding hydrogens is 340 g/mol. The zero-order valence-electron chi connectivity index (χ0n) is 15.8. The van der Waals surface area contributed by atoms with Gasteiger partial charge < -0.3 is 14.4 Å². The number of aryl methyl sites for hydroxylation is 1. The largest absolute Gasteiger partial charge is 0.486 e. The summed E-state index contributed by atoms with van der Waals surface area (Å²) in [4.78, 5) is 17.2. The minimum Gasteiger partial charge on any atom is -0.486 e. The van der Waals surface area contributed by atoms with Crippen LogP contribution in [0.3, 0.4) is 0 Å². The lowest BCUT2D eigenvalue weighted by atomic mass is 10.1. The summed E-state index contributed by atoms with van der Waals surface area (Å²) in [6.45, 7) is 7.43. The van der Waals surface area contributed by atoms with Gasteiger partial charge in [-0.2, -0.15) is 0 Å². The van der Waals surface area contributed by atoms with Crippen molar-refractivity contribution < 1.29 is 14.3 Å². The van der Waals surface area contributed by atoms with Gasteiger partial charge in [0.25, 0.3) is 5.91 Å². The fourth-order valence-electron chi connectivity index (χ4n) is 3.79. The lowest BCUT2D eigenvalue weighted by Gasteiger charge is -2.25. The molecule has 0 aromatic heterocycles. The van der Waals surface area contributed by atoms with E-state index < -0.39 is 0 Å². The molecule has 2 heterocycles. The van der Waals surface area contributed by atoms with E-state index >= 15 is 0 Å². The number of hydrogen-bond acceptors (Lipinski definition) is 4. The van der Waals surface area contributed by atoms with Crippen LogP contribution in [0.5, 0.6) is 11.5 Å². The van der Waals surface area contributed by atoms with Gasteiger partial charge in [0.2, 0.25) is 0 Å². The molecule has 0 aliphatic carbocycles. The first kappa shape index (κ1) is 17.9. The number of carbonyl (C=O) groups excluding carboxylic acids is 1. The molecule has 2 aromatic rings. The van der Waals surface area contributed by atoms with Crippen molar-refractivity contribution in [2.75, 3.05) is 39.4 Å². The van der Waals surface area contributed by atoms with Crippen LogP contribution in [0.15, 0.2) is 42.5 Å². The first-order valence-corrected chi connectivity index (χ1v) is 9.66. The summed E-state index contributed by atoms with van der Waals surface area (Å²) in [7, 11) is 0. The van der Waals surface area contributed by atoms with Crippen molar-refractivity contribution in [3.63, 3.8) is 0 Å². The molecule has 2 aliphatic heterocycles. The maximum absolute atomic E-state index is 12.8. The quantitative estimate of drug-likeness (QED) is 0.837. The van der Waals surface area contributed by atoms with Crippen LogP contribution in [0.4, 0.5) is 0 Å². The van der Waals surface area contributed by atoms with Crippen molar-refractivity contribution in [3.05, 3.63) is 59.2 Å². The molecule has 4 rings (SSSR count). The Balaban J connectivity index is 1.41. The molecule has 2 aliphatic rings. The van der Waals surface area contributed by atoms with Crippen LogP contribution in [-0.2, 0) is 6.54 Å². The number of rotatable bonds is 3. The van der Waals surface area contributed by atoms with E-state index in [2.05, 4.69) is 11.0 Å². The van der Waals surface area contributed by atoms with Gasteiger partial charge in [0.05, 0.1) is 0 Å². The molecule has 5 heteroatoms. The Hall–Kier alpha value is -2.53. The third kappa shape index (κ3) is 4.08. The van der Waals surface area contributed by atoms with Gasteiger partial charge in [-0.1, -0.05) is 29.8 Å². The molecule has 0 bridgehead atoms. The molecule has 27 heavy (non-hydrogen) atoms. The number of carbonyl (C=O) groups is 1. The van der Waals surface area contributed by atoms with Gasteiger partial charge >= 0.3 is 0 Å². The molecule has 1 fully saturated rings. The Morgan fingerprint density at radius 2 is 1.85 bits per heavy atom. The fourth-order valence-corrected chi connectivity index (χ4v) is 3.79. The predicted molar refractivity (Wildman–Crippen MR) is 104 cm³/mol. The summed E-state index contributed by atoms with van der Waals surface area (Å²) < 4.78 is 11.5. The van der Waals surface area contributed by atoms with Crippen molar-refractivity contribution in [2.24, 2.45) is 0 Å². The van der Waals surface area contributed by atoms with Crippen molar-refractivity contribution >= 4 is 5.91 Å².